The van der Waals surface area contributed by atoms with E-state index in [0.29, 0.717) is 29.0 Å². The summed E-state index contributed by atoms with van der Waals surface area (Å²) in [6, 6.07) is 15.1. The van der Waals surface area contributed by atoms with Crippen LogP contribution in [0.15, 0.2) is 72.3 Å². The number of ether oxygens (including phenoxy) is 1. The average molecular weight is 524 g/mol. The SMILES string of the molecule is CCOc1ccc(/C(O)=C2\C(=O)C(=O)N(c3cccc(C(F)(F)F)c3)C2c2ccccc2C)cc1C(C)C. The summed E-state index contributed by atoms with van der Waals surface area (Å²) < 4.78 is 46.2. The van der Waals surface area contributed by atoms with E-state index in [1.54, 1.807) is 49.4 Å². The number of ketones is 1. The Morgan fingerprint density at radius 1 is 1.03 bits per heavy atom. The molecule has 1 N–H and O–H groups in total. The van der Waals surface area contributed by atoms with Gasteiger partial charge in [0, 0.05) is 11.3 Å². The van der Waals surface area contributed by atoms with Gasteiger partial charge in [-0.2, -0.15) is 13.2 Å². The highest BCUT2D eigenvalue weighted by atomic mass is 19.4. The van der Waals surface area contributed by atoms with Crippen molar-refractivity contribution < 1.29 is 32.6 Å². The Kier molecular flexibility index (Phi) is 7.35. The molecule has 1 atom stereocenters. The number of aliphatic hydroxyl groups is 1. The number of hydrogen-bond donors (Lipinski definition) is 1. The minimum absolute atomic E-state index is 0.0315. The molecule has 8 heteroatoms. The topological polar surface area (TPSA) is 66.8 Å². The molecular formula is C30H28F3NO4. The number of halogens is 3. The summed E-state index contributed by atoms with van der Waals surface area (Å²) in [5.41, 5.74) is 1.09. The van der Waals surface area contributed by atoms with E-state index in [-0.39, 0.29) is 17.2 Å². The standard InChI is InChI=1S/C30H28F3NO4/c1-5-38-24-14-13-19(15-23(24)17(2)3)27(35)25-26(22-12-7-6-9-18(22)4)34(29(37)28(25)36)21-11-8-10-20(16-21)30(31,32)33/h6-17,26,35H,5H2,1-4H3/b27-25+. The van der Waals surface area contributed by atoms with Crippen molar-refractivity contribution in [3.05, 3.63) is 100 Å². The number of benzene rings is 3. The molecule has 38 heavy (non-hydrogen) atoms. The minimum Gasteiger partial charge on any atom is -0.507 e. The van der Waals surface area contributed by atoms with Crippen molar-refractivity contribution in [3.63, 3.8) is 0 Å². The van der Waals surface area contributed by atoms with Gasteiger partial charge in [-0.25, -0.2) is 0 Å². The van der Waals surface area contributed by atoms with Crippen LogP contribution in [0.25, 0.3) is 5.76 Å². The van der Waals surface area contributed by atoms with Gasteiger partial charge in [0.1, 0.15) is 11.5 Å². The lowest BCUT2D eigenvalue weighted by molar-refractivity contribution is -0.137. The number of anilines is 1. The van der Waals surface area contributed by atoms with Crippen LogP contribution in [-0.4, -0.2) is 23.4 Å². The number of carbonyl (C=O) groups excluding carboxylic acids is 2. The molecule has 0 saturated carbocycles. The Hall–Kier alpha value is -4.07. The van der Waals surface area contributed by atoms with E-state index in [0.717, 1.165) is 22.6 Å². The van der Waals surface area contributed by atoms with Gasteiger partial charge in [-0.05, 0) is 72.9 Å². The maximum absolute atomic E-state index is 13.5. The Morgan fingerprint density at radius 3 is 2.37 bits per heavy atom. The van der Waals surface area contributed by atoms with Crippen molar-refractivity contribution in [1.82, 2.24) is 0 Å². The van der Waals surface area contributed by atoms with Crippen molar-refractivity contribution in [3.8, 4) is 5.75 Å². The molecule has 3 aromatic carbocycles. The van der Waals surface area contributed by atoms with Gasteiger partial charge in [-0.3, -0.25) is 14.5 Å². The van der Waals surface area contributed by atoms with Gasteiger partial charge in [0.2, 0.25) is 0 Å². The Morgan fingerprint density at radius 2 is 1.74 bits per heavy atom. The van der Waals surface area contributed by atoms with Crippen molar-refractivity contribution >= 4 is 23.1 Å². The van der Waals surface area contributed by atoms with Crippen LogP contribution in [0.3, 0.4) is 0 Å². The third kappa shape index (κ3) is 4.90. The summed E-state index contributed by atoms with van der Waals surface area (Å²) in [5, 5.41) is 11.5. The van der Waals surface area contributed by atoms with Crippen LogP contribution >= 0.6 is 0 Å². The van der Waals surface area contributed by atoms with Crippen LogP contribution in [0.2, 0.25) is 0 Å². The second kappa shape index (κ2) is 10.4. The number of nitrogens with zero attached hydrogens (tertiary/aromatic N) is 1. The Balaban J connectivity index is 1.96. The third-order valence-corrected chi connectivity index (χ3v) is 6.58. The molecule has 1 fully saturated rings. The quantitative estimate of drug-likeness (QED) is 0.211. The zero-order valence-electron chi connectivity index (χ0n) is 21.5. The average Bonchev–Trinajstić information content (AvgIpc) is 3.13. The van der Waals surface area contributed by atoms with E-state index in [4.69, 9.17) is 4.74 Å². The first-order valence-electron chi connectivity index (χ1n) is 12.3. The van der Waals surface area contributed by atoms with E-state index in [2.05, 4.69) is 0 Å². The molecule has 0 spiro atoms. The minimum atomic E-state index is -4.64. The number of rotatable bonds is 6. The summed E-state index contributed by atoms with van der Waals surface area (Å²) in [6.45, 7) is 7.99. The van der Waals surface area contributed by atoms with Crippen LogP contribution in [0.4, 0.5) is 18.9 Å². The second-order valence-corrected chi connectivity index (χ2v) is 9.41. The highest BCUT2D eigenvalue weighted by Crippen LogP contribution is 2.44. The number of carbonyl (C=O) groups is 2. The van der Waals surface area contributed by atoms with Crippen LogP contribution in [0.1, 0.15) is 60.5 Å². The first kappa shape index (κ1) is 27.0. The highest BCUT2D eigenvalue weighted by Gasteiger charge is 2.47. The molecule has 1 heterocycles. The number of aryl methyl sites for hydroxylation is 1. The number of Topliss-reactive ketones (excluding diaryl/α,β-unsaturated/α-hetero) is 1. The van der Waals surface area contributed by atoms with Gasteiger partial charge in [0.15, 0.2) is 0 Å². The Labute approximate surface area is 219 Å². The van der Waals surface area contributed by atoms with E-state index in [1.807, 2.05) is 20.8 Å². The van der Waals surface area contributed by atoms with Crippen LogP contribution in [0.5, 0.6) is 5.75 Å². The smallest absolute Gasteiger partial charge is 0.416 e. The van der Waals surface area contributed by atoms with E-state index >= 15 is 0 Å². The lowest BCUT2D eigenvalue weighted by atomic mass is 9.91. The summed E-state index contributed by atoms with van der Waals surface area (Å²) in [5.74, 6) is -1.73. The first-order chi connectivity index (χ1) is 18.0. The fraction of sp³-hybridized carbons (Fsp3) is 0.267. The van der Waals surface area contributed by atoms with Gasteiger partial charge in [0.05, 0.1) is 23.8 Å². The molecule has 1 saturated heterocycles. The molecule has 0 aliphatic carbocycles. The lowest BCUT2D eigenvalue weighted by Crippen LogP contribution is -2.30. The highest BCUT2D eigenvalue weighted by molar-refractivity contribution is 6.51. The van der Waals surface area contributed by atoms with E-state index in [9.17, 15) is 27.9 Å². The molecule has 4 rings (SSSR count). The van der Waals surface area contributed by atoms with E-state index < -0.39 is 35.2 Å². The zero-order valence-corrected chi connectivity index (χ0v) is 21.5. The summed E-state index contributed by atoms with van der Waals surface area (Å²) in [7, 11) is 0. The second-order valence-electron chi connectivity index (χ2n) is 9.41. The van der Waals surface area contributed by atoms with Crippen molar-refractivity contribution in [1.29, 1.82) is 0 Å². The molecule has 1 aliphatic heterocycles. The number of alkyl halides is 3. The number of amides is 1. The third-order valence-electron chi connectivity index (χ3n) is 6.58. The molecule has 1 amide bonds. The molecule has 1 aliphatic rings. The zero-order chi connectivity index (χ0) is 27.8. The summed E-state index contributed by atoms with van der Waals surface area (Å²) in [6.07, 6.45) is -4.64. The summed E-state index contributed by atoms with van der Waals surface area (Å²) >= 11 is 0. The molecule has 5 nitrogen and oxygen atoms in total. The monoisotopic (exact) mass is 523 g/mol. The molecule has 198 valence electrons. The lowest BCUT2D eigenvalue weighted by Gasteiger charge is -2.27. The maximum Gasteiger partial charge on any atom is 0.416 e. The molecule has 0 radical (unpaired) electrons. The molecule has 1 unspecified atom stereocenters. The van der Waals surface area contributed by atoms with Gasteiger partial charge in [-0.15, -0.1) is 0 Å². The first-order valence-corrected chi connectivity index (χ1v) is 12.3. The Bertz CT molecular complexity index is 1420. The molecular weight excluding hydrogens is 495 g/mol. The normalized spacial score (nSPS) is 17.4. The fourth-order valence-corrected chi connectivity index (χ4v) is 4.71. The molecule has 0 bridgehead atoms. The fourth-order valence-electron chi connectivity index (χ4n) is 4.71. The van der Waals surface area contributed by atoms with Gasteiger partial charge >= 0.3 is 6.18 Å². The van der Waals surface area contributed by atoms with Gasteiger partial charge in [0.25, 0.3) is 11.7 Å². The van der Waals surface area contributed by atoms with E-state index in [1.165, 1.54) is 12.1 Å². The van der Waals surface area contributed by atoms with Crippen LogP contribution in [0, 0.1) is 6.92 Å². The van der Waals surface area contributed by atoms with Crippen LogP contribution in [-0.2, 0) is 15.8 Å². The van der Waals surface area contributed by atoms with Crippen molar-refractivity contribution in [2.24, 2.45) is 0 Å². The molecule has 3 aromatic rings. The number of hydrogen-bond acceptors (Lipinski definition) is 4. The molecule has 0 aromatic heterocycles. The summed E-state index contributed by atoms with van der Waals surface area (Å²) in [4.78, 5) is 27.8. The van der Waals surface area contributed by atoms with Crippen molar-refractivity contribution in [2.45, 2.75) is 45.8 Å². The predicted octanol–water partition coefficient (Wildman–Crippen LogP) is 7.16. The van der Waals surface area contributed by atoms with Crippen molar-refractivity contribution in [2.75, 3.05) is 11.5 Å². The van der Waals surface area contributed by atoms with Gasteiger partial charge in [-0.1, -0.05) is 44.2 Å². The van der Waals surface area contributed by atoms with Crippen LogP contribution < -0.4 is 9.64 Å². The maximum atomic E-state index is 13.5. The predicted molar refractivity (Wildman–Crippen MR) is 139 cm³/mol. The number of aliphatic hydroxyl groups excluding tert-OH is 1. The van der Waals surface area contributed by atoms with Gasteiger partial charge < -0.3 is 9.84 Å². The largest absolute Gasteiger partial charge is 0.507 e.